The summed E-state index contributed by atoms with van der Waals surface area (Å²) in [4.78, 5) is 67.7. The number of carbonyl (C=O) groups is 3. The van der Waals surface area contributed by atoms with Gasteiger partial charge in [-0.1, -0.05) is 0 Å². The van der Waals surface area contributed by atoms with Crippen LogP contribution in [-0.2, 0) is 37.6 Å². The standard InChI is InChI=1S/C27H30N6O9S.CHF3O3S/c1-18-13-29(17-28-26(35)41-15-19-2-6-21(7-3-19)32(37)38)10-11-30(18)25(34)24-12-23(43)14-31(24)27(36)42-16-20-4-8-22(9-5-20)33(39)40;2-1(3,4)8(5,6)7/h2-9,17-18,23-24,43H,10-16H2,1H3;(H,5,6,7)/t18?,23-,24-;/m0./s1. The third-order valence-corrected chi connectivity index (χ3v) is 8.34. The average molecular weight is 765 g/mol. The van der Waals surface area contributed by atoms with Crippen LogP contribution in [0.25, 0.3) is 0 Å². The summed E-state index contributed by atoms with van der Waals surface area (Å²) < 4.78 is 68.0. The highest BCUT2D eigenvalue weighted by Crippen LogP contribution is 2.26. The number of nitro benzene ring substituents is 2. The van der Waals surface area contributed by atoms with Crippen molar-refractivity contribution in [1.82, 2.24) is 14.7 Å². The number of thiol groups is 1. The first-order chi connectivity index (χ1) is 23.8. The van der Waals surface area contributed by atoms with E-state index in [2.05, 4.69) is 17.6 Å². The van der Waals surface area contributed by atoms with Crippen LogP contribution in [0.5, 0.6) is 0 Å². The zero-order chi connectivity index (χ0) is 38.1. The maximum absolute atomic E-state index is 13.5. The van der Waals surface area contributed by atoms with Crippen molar-refractivity contribution in [3.8, 4) is 0 Å². The Morgan fingerprint density at radius 1 is 0.941 bits per heavy atom. The first-order valence-corrected chi connectivity index (χ1v) is 16.6. The summed E-state index contributed by atoms with van der Waals surface area (Å²) in [6.07, 6.45) is 0.235. The van der Waals surface area contributed by atoms with Gasteiger partial charge in [-0.05, 0) is 48.7 Å². The lowest BCUT2D eigenvalue weighted by Gasteiger charge is -2.41. The Bertz CT molecular complexity index is 1730. The molecular formula is C28H31F3N6O12S2. The van der Waals surface area contributed by atoms with Crippen LogP contribution in [0.1, 0.15) is 24.5 Å². The maximum Gasteiger partial charge on any atom is 0.522 e. The van der Waals surface area contributed by atoms with Crippen LogP contribution in [-0.4, -0.2) is 111 Å². The molecule has 1 unspecified atom stereocenters. The molecule has 2 aliphatic rings. The molecule has 2 aliphatic heterocycles. The predicted molar refractivity (Wildman–Crippen MR) is 173 cm³/mol. The van der Waals surface area contributed by atoms with E-state index in [0.717, 1.165) is 0 Å². The van der Waals surface area contributed by atoms with Crippen molar-refractivity contribution in [2.45, 2.75) is 49.4 Å². The third-order valence-electron chi connectivity index (χ3n) is 7.38. The van der Waals surface area contributed by atoms with Crippen molar-refractivity contribution in [3.05, 3.63) is 79.9 Å². The molecule has 3 amide bonds. The minimum atomic E-state index is -5.84. The van der Waals surface area contributed by atoms with Crippen molar-refractivity contribution < 1.29 is 59.8 Å². The topological polar surface area (TPSA) is 232 Å². The van der Waals surface area contributed by atoms with E-state index in [1.54, 1.807) is 9.80 Å². The number of likely N-dealkylation sites (tertiary alicyclic amines) is 1. The van der Waals surface area contributed by atoms with E-state index >= 15 is 0 Å². The van der Waals surface area contributed by atoms with Gasteiger partial charge in [0, 0.05) is 61.7 Å². The van der Waals surface area contributed by atoms with Crippen LogP contribution in [0, 0.1) is 20.2 Å². The molecule has 3 atom stereocenters. The molecule has 4 rings (SSSR count). The van der Waals surface area contributed by atoms with Gasteiger partial charge in [0.25, 0.3) is 11.4 Å². The molecule has 51 heavy (non-hydrogen) atoms. The molecule has 2 saturated heterocycles. The van der Waals surface area contributed by atoms with Crippen molar-refractivity contribution in [2.24, 2.45) is 4.99 Å². The van der Waals surface area contributed by atoms with Crippen LogP contribution in [0.15, 0.2) is 53.5 Å². The Kier molecular flexibility index (Phi) is 13.7. The van der Waals surface area contributed by atoms with Crippen LogP contribution in [0.3, 0.4) is 0 Å². The van der Waals surface area contributed by atoms with Gasteiger partial charge in [-0.3, -0.25) is 34.5 Å². The fourth-order valence-corrected chi connectivity index (χ4v) is 5.20. The van der Waals surface area contributed by atoms with Gasteiger partial charge in [0.1, 0.15) is 19.3 Å². The molecule has 2 aromatic carbocycles. The lowest BCUT2D eigenvalue weighted by atomic mass is 10.1. The zero-order valence-corrected chi connectivity index (χ0v) is 28.2. The average Bonchev–Trinajstić information content (AvgIpc) is 3.46. The van der Waals surface area contributed by atoms with Gasteiger partial charge in [0.15, 0.2) is 0 Å². The summed E-state index contributed by atoms with van der Waals surface area (Å²) >= 11 is 4.49. The lowest BCUT2D eigenvalue weighted by Crippen LogP contribution is -2.58. The fourth-order valence-electron chi connectivity index (χ4n) is 4.83. The molecule has 0 radical (unpaired) electrons. The first-order valence-electron chi connectivity index (χ1n) is 14.6. The number of non-ortho nitro benzene ring substituents is 2. The summed E-state index contributed by atoms with van der Waals surface area (Å²) in [5, 5.41) is 21.4. The second-order valence-electron chi connectivity index (χ2n) is 11.1. The van der Waals surface area contributed by atoms with Gasteiger partial charge in [-0.25, -0.2) is 9.59 Å². The van der Waals surface area contributed by atoms with Gasteiger partial charge in [0.2, 0.25) is 5.91 Å². The third kappa shape index (κ3) is 11.8. The van der Waals surface area contributed by atoms with Gasteiger partial charge in [0.05, 0.1) is 16.2 Å². The number of carbonyl (C=O) groups excluding carboxylic acids is 3. The monoisotopic (exact) mass is 764 g/mol. The summed E-state index contributed by atoms with van der Waals surface area (Å²) in [6.45, 7) is 3.03. The number of ether oxygens (including phenoxy) is 2. The molecule has 2 fully saturated rings. The Morgan fingerprint density at radius 2 is 1.43 bits per heavy atom. The SMILES string of the molecule is CC1CN(C=NC(=O)OCc2ccc([N+](=O)[O-])cc2)CCN1C(=O)[C@@H]1C[C@H](S)CN1C(=O)OCc1ccc([N+](=O)[O-])cc1.O=S(=O)(O)C(F)(F)F. The smallest absolute Gasteiger partial charge is 0.445 e. The highest BCUT2D eigenvalue weighted by atomic mass is 32.2. The summed E-state index contributed by atoms with van der Waals surface area (Å²) in [5.41, 5.74) is -4.52. The maximum atomic E-state index is 13.5. The number of amides is 3. The second kappa shape index (κ2) is 17.3. The van der Waals surface area contributed by atoms with Gasteiger partial charge in [-0.2, -0.15) is 39.2 Å². The second-order valence-corrected chi connectivity index (χ2v) is 13.2. The van der Waals surface area contributed by atoms with E-state index in [1.165, 1.54) is 59.8 Å². The highest BCUT2D eigenvalue weighted by molar-refractivity contribution is 7.86. The Balaban J connectivity index is 0.000000783. The molecule has 2 heterocycles. The molecule has 2 aromatic rings. The minimum Gasteiger partial charge on any atom is -0.445 e. The number of rotatable bonds is 8. The molecule has 23 heteroatoms. The van der Waals surface area contributed by atoms with Crippen molar-refractivity contribution in [1.29, 1.82) is 0 Å². The number of piperazine rings is 1. The molecule has 0 bridgehead atoms. The predicted octanol–water partition coefficient (Wildman–Crippen LogP) is 3.80. The van der Waals surface area contributed by atoms with Crippen LogP contribution < -0.4 is 0 Å². The molecule has 0 aliphatic carbocycles. The molecule has 278 valence electrons. The van der Waals surface area contributed by atoms with E-state index < -0.39 is 43.7 Å². The zero-order valence-electron chi connectivity index (χ0n) is 26.5. The highest BCUT2D eigenvalue weighted by Gasteiger charge is 2.44. The molecule has 0 spiro atoms. The Labute approximate surface area is 293 Å². The normalized spacial score (nSPS) is 19.3. The number of aliphatic imine (C=N–C) groups is 1. The van der Waals surface area contributed by atoms with E-state index in [4.69, 9.17) is 22.4 Å². The van der Waals surface area contributed by atoms with Gasteiger partial charge in [-0.15, -0.1) is 0 Å². The number of hydrogen-bond donors (Lipinski definition) is 2. The van der Waals surface area contributed by atoms with Crippen LogP contribution in [0.4, 0.5) is 34.1 Å². The molecular weight excluding hydrogens is 733 g/mol. The van der Waals surface area contributed by atoms with E-state index in [0.29, 0.717) is 37.2 Å². The number of benzene rings is 2. The van der Waals surface area contributed by atoms with Crippen molar-refractivity contribution in [3.63, 3.8) is 0 Å². The Hall–Kier alpha value is -5.03. The van der Waals surface area contributed by atoms with Gasteiger partial charge < -0.3 is 19.3 Å². The summed E-state index contributed by atoms with van der Waals surface area (Å²) in [7, 11) is -5.84. The minimum absolute atomic E-state index is 0.0643. The molecule has 18 nitrogen and oxygen atoms in total. The Morgan fingerprint density at radius 3 is 1.88 bits per heavy atom. The van der Waals surface area contributed by atoms with Crippen LogP contribution >= 0.6 is 12.6 Å². The quantitative estimate of drug-likeness (QED) is 0.0742. The summed E-state index contributed by atoms with van der Waals surface area (Å²) in [6, 6.07) is 10.3. The largest absolute Gasteiger partial charge is 0.522 e. The summed E-state index contributed by atoms with van der Waals surface area (Å²) in [5.74, 6) is -0.226. The van der Waals surface area contributed by atoms with Crippen molar-refractivity contribution in [2.75, 3.05) is 26.2 Å². The molecule has 0 aromatic heterocycles. The molecule has 1 N–H and O–H groups in total. The number of halogens is 3. The number of nitro groups is 2. The first kappa shape index (κ1) is 40.4. The lowest BCUT2D eigenvalue weighted by molar-refractivity contribution is -0.385. The van der Waals surface area contributed by atoms with Crippen LogP contribution in [0.2, 0.25) is 0 Å². The van der Waals surface area contributed by atoms with E-state index in [-0.39, 0.29) is 48.3 Å². The van der Waals surface area contributed by atoms with E-state index in [9.17, 15) is 47.8 Å². The fraction of sp³-hybridized carbons (Fsp3) is 0.429. The molecule has 0 saturated carbocycles. The van der Waals surface area contributed by atoms with E-state index in [1.807, 2.05) is 6.92 Å². The number of alkyl halides is 3. The number of hydrogen-bond acceptors (Lipinski definition) is 12. The van der Waals surface area contributed by atoms with Gasteiger partial charge >= 0.3 is 27.8 Å². The van der Waals surface area contributed by atoms with Crippen molar-refractivity contribution >= 4 is 58.6 Å². The number of nitrogens with zero attached hydrogens (tertiary/aromatic N) is 6.